The molecule has 6 heteroatoms. The SMILES string of the molecule is C[Si](C)(C)OC1=NC(=O)SC1Cc1ccc(O)cc1. The quantitative estimate of drug-likeness (QED) is 0.868. The van der Waals surface area contributed by atoms with E-state index in [1.54, 1.807) is 12.1 Å². The van der Waals surface area contributed by atoms with Gasteiger partial charge in [-0.2, -0.15) is 4.99 Å². The zero-order valence-electron chi connectivity index (χ0n) is 11.2. The number of benzene rings is 1. The molecule has 1 aromatic carbocycles. The summed E-state index contributed by atoms with van der Waals surface area (Å²) in [6.07, 6.45) is 0.681. The van der Waals surface area contributed by atoms with Crippen LogP contribution in [0.5, 0.6) is 5.75 Å². The van der Waals surface area contributed by atoms with Crippen LogP contribution in [0.2, 0.25) is 19.6 Å². The molecule has 0 saturated carbocycles. The lowest BCUT2D eigenvalue weighted by atomic mass is 10.1. The molecule has 4 nitrogen and oxygen atoms in total. The van der Waals surface area contributed by atoms with Crippen molar-refractivity contribution in [1.29, 1.82) is 0 Å². The first-order valence-corrected chi connectivity index (χ1v) is 10.4. The third-order valence-corrected chi connectivity index (χ3v) is 4.26. The second-order valence-corrected chi connectivity index (χ2v) is 11.0. The van der Waals surface area contributed by atoms with Crippen LogP contribution in [0.4, 0.5) is 4.79 Å². The molecule has 0 fully saturated rings. The lowest BCUT2D eigenvalue weighted by Crippen LogP contribution is -2.33. The second kappa shape index (κ2) is 5.38. The molecule has 0 saturated heterocycles. The normalized spacial score (nSPS) is 19.4. The molecule has 102 valence electrons. The lowest BCUT2D eigenvalue weighted by molar-refractivity contribution is 0.267. The zero-order chi connectivity index (χ0) is 14.0. The number of carbonyl (C=O) groups excluding carboxylic acids is 1. The molecule has 1 N–H and O–H groups in total. The maximum atomic E-state index is 11.5. The largest absolute Gasteiger partial charge is 0.534 e. The average molecular weight is 295 g/mol. The Kier molecular flexibility index (Phi) is 4.01. The van der Waals surface area contributed by atoms with E-state index in [1.165, 1.54) is 11.8 Å². The summed E-state index contributed by atoms with van der Waals surface area (Å²) in [5, 5.41) is 9.03. The monoisotopic (exact) mass is 295 g/mol. The van der Waals surface area contributed by atoms with Crippen LogP contribution in [0.1, 0.15) is 5.56 Å². The Morgan fingerprint density at radius 2 is 1.95 bits per heavy atom. The molecule has 2 rings (SSSR count). The third-order valence-electron chi connectivity index (χ3n) is 2.49. The Morgan fingerprint density at radius 1 is 1.32 bits per heavy atom. The van der Waals surface area contributed by atoms with Gasteiger partial charge in [-0.15, -0.1) is 0 Å². The first-order chi connectivity index (χ1) is 8.83. The minimum atomic E-state index is -1.76. The molecule has 1 aliphatic heterocycles. The number of aromatic hydroxyl groups is 1. The standard InChI is InChI=1S/C13H17NO3SSi/c1-19(2,3)17-12-11(18-13(16)14-12)8-9-4-6-10(15)7-5-9/h4-7,11,15H,8H2,1-3H3. The molecule has 0 radical (unpaired) electrons. The van der Waals surface area contributed by atoms with Gasteiger partial charge in [-0.3, -0.25) is 4.79 Å². The summed E-state index contributed by atoms with van der Waals surface area (Å²) in [4.78, 5) is 15.4. The number of nitrogens with zero attached hydrogens (tertiary/aromatic N) is 1. The van der Waals surface area contributed by atoms with Crippen molar-refractivity contribution in [2.75, 3.05) is 0 Å². The van der Waals surface area contributed by atoms with E-state index in [4.69, 9.17) is 4.43 Å². The minimum Gasteiger partial charge on any atom is -0.534 e. The van der Waals surface area contributed by atoms with E-state index in [0.29, 0.717) is 12.3 Å². The van der Waals surface area contributed by atoms with E-state index in [9.17, 15) is 9.90 Å². The second-order valence-electron chi connectivity index (χ2n) is 5.41. The van der Waals surface area contributed by atoms with Crippen LogP contribution in [-0.2, 0) is 10.8 Å². The number of carbonyl (C=O) groups is 1. The topological polar surface area (TPSA) is 58.9 Å². The van der Waals surface area contributed by atoms with Crippen molar-refractivity contribution in [3.63, 3.8) is 0 Å². The highest BCUT2D eigenvalue weighted by molar-refractivity contribution is 8.15. The summed E-state index contributed by atoms with van der Waals surface area (Å²) in [5.74, 6) is 0.799. The van der Waals surface area contributed by atoms with Gasteiger partial charge in [-0.05, 0) is 55.5 Å². The number of hydrogen-bond acceptors (Lipinski definition) is 4. The van der Waals surface area contributed by atoms with Crippen LogP contribution < -0.4 is 0 Å². The van der Waals surface area contributed by atoms with E-state index in [-0.39, 0.29) is 16.2 Å². The number of rotatable bonds is 3. The molecule has 1 amide bonds. The van der Waals surface area contributed by atoms with E-state index in [2.05, 4.69) is 24.6 Å². The molecular weight excluding hydrogens is 278 g/mol. The van der Waals surface area contributed by atoms with Gasteiger partial charge in [0.25, 0.3) is 0 Å². The molecule has 0 bridgehead atoms. The number of amides is 1. The number of phenolic OH excluding ortho intramolecular Hbond substituents is 1. The van der Waals surface area contributed by atoms with Gasteiger partial charge < -0.3 is 9.53 Å². The summed E-state index contributed by atoms with van der Waals surface area (Å²) in [6, 6.07) is 7.00. The van der Waals surface area contributed by atoms with Gasteiger partial charge in [-0.25, -0.2) is 0 Å². The summed E-state index contributed by atoms with van der Waals surface area (Å²) in [6.45, 7) is 6.21. The van der Waals surface area contributed by atoms with Gasteiger partial charge in [0.1, 0.15) is 5.75 Å². The highest BCUT2D eigenvalue weighted by atomic mass is 32.2. The summed E-state index contributed by atoms with van der Waals surface area (Å²) >= 11 is 1.21. The summed E-state index contributed by atoms with van der Waals surface area (Å²) in [7, 11) is -1.76. The van der Waals surface area contributed by atoms with Gasteiger partial charge in [0.2, 0.25) is 8.32 Å². The van der Waals surface area contributed by atoms with Crippen molar-refractivity contribution in [3.8, 4) is 5.75 Å². The van der Waals surface area contributed by atoms with Crippen molar-refractivity contribution < 1.29 is 14.3 Å². The summed E-state index contributed by atoms with van der Waals surface area (Å²) in [5.41, 5.74) is 1.05. The Balaban J connectivity index is 2.09. The van der Waals surface area contributed by atoms with Gasteiger partial charge in [0.05, 0.1) is 5.25 Å². The van der Waals surface area contributed by atoms with Gasteiger partial charge >= 0.3 is 5.24 Å². The van der Waals surface area contributed by atoms with Crippen molar-refractivity contribution in [3.05, 3.63) is 29.8 Å². The fraction of sp³-hybridized carbons (Fsp3) is 0.385. The van der Waals surface area contributed by atoms with Crippen LogP contribution in [0.25, 0.3) is 0 Å². The molecule has 1 heterocycles. The van der Waals surface area contributed by atoms with Gasteiger partial charge in [0, 0.05) is 0 Å². The highest BCUT2D eigenvalue weighted by Gasteiger charge is 2.32. The van der Waals surface area contributed by atoms with Gasteiger partial charge in [-0.1, -0.05) is 12.1 Å². The number of aliphatic imine (C=N–C) groups is 1. The first-order valence-electron chi connectivity index (χ1n) is 6.09. The van der Waals surface area contributed by atoms with Crippen molar-refractivity contribution in [2.24, 2.45) is 4.99 Å². The van der Waals surface area contributed by atoms with E-state index >= 15 is 0 Å². The molecule has 0 aliphatic carbocycles. The third kappa shape index (κ3) is 4.11. The first kappa shape index (κ1) is 14.1. The average Bonchev–Trinajstić information content (AvgIpc) is 2.60. The van der Waals surface area contributed by atoms with Crippen molar-refractivity contribution >= 4 is 31.2 Å². The fourth-order valence-corrected chi connectivity index (χ4v) is 3.50. The molecule has 0 aromatic heterocycles. The maximum Gasteiger partial charge on any atom is 0.308 e. The van der Waals surface area contributed by atoms with E-state index in [1.807, 2.05) is 12.1 Å². The maximum absolute atomic E-state index is 11.5. The molecule has 1 atom stereocenters. The Morgan fingerprint density at radius 3 is 2.53 bits per heavy atom. The highest BCUT2D eigenvalue weighted by Crippen LogP contribution is 2.28. The van der Waals surface area contributed by atoms with Crippen LogP contribution in [0, 0.1) is 0 Å². The summed E-state index contributed by atoms with van der Waals surface area (Å²) < 4.78 is 5.88. The van der Waals surface area contributed by atoms with Crippen LogP contribution >= 0.6 is 11.8 Å². The van der Waals surface area contributed by atoms with Crippen LogP contribution in [0.3, 0.4) is 0 Å². The Bertz CT molecular complexity index is 508. The molecule has 1 unspecified atom stereocenters. The smallest absolute Gasteiger partial charge is 0.308 e. The lowest BCUT2D eigenvalue weighted by Gasteiger charge is -2.22. The van der Waals surface area contributed by atoms with Crippen LogP contribution in [0.15, 0.2) is 29.3 Å². The number of phenols is 1. The molecule has 1 aromatic rings. The predicted octanol–water partition coefficient (Wildman–Crippen LogP) is 3.42. The van der Waals surface area contributed by atoms with E-state index < -0.39 is 8.32 Å². The fourth-order valence-electron chi connectivity index (χ4n) is 1.74. The van der Waals surface area contributed by atoms with Crippen molar-refractivity contribution in [2.45, 2.75) is 31.3 Å². The molecule has 0 spiro atoms. The number of hydrogen-bond donors (Lipinski definition) is 1. The van der Waals surface area contributed by atoms with E-state index in [0.717, 1.165) is 5.56 Å². The van der Waals surface area contributed by atoms with Crippen LogP contribution in [-0.4, -0.2) is 29.8 Å². The Hall–Kier alpha value is -1.27. The van der Waals surface area contributed by atoms with Crippen molar-refractivity contribution in [1.82, 2.24) is 0 Å². The Labute approximate surface area is 118 Å². The molecular formula is C13H17NO3SSi. The molecule has 1 aliphatic rings. The molecule has 19 heavy (non-hydrogen) atoms. The minimum absolute atomic E-state index is 0.0521. The predicted molar refractivity (Wildman–Crippen MR) is 80.5 cm³/mol. The zero-order valence-corrected chi connectivity index (χ0v) is 13.0. The number of thioether (sulfide) groups is 1. The van der Waals surface area contributed by atoms with Gasteiger partial charge in [0.15, 0.2) is 5.90 Å².